The van der Waals surface area contributed by atoms with Gasteiger partial charge in [-0.05, 0) is 6.42 Å². The predicted molar refractivity (Wildman–Crippen MR) is 55.5 cm³/mol. The second-order valence-corrected chi connectivity index (χ2v) is 4.24. The summed E-state index contributed by atoms with van der Waals surface area (Å²) in [5.74, 6) is -3.54. The van der Waals surface area contributed by atoms with Crippen LogP contribution < -0.4 is 5.73 Å². The Morgan fingerprint density at radius 2 is 2.06 bits per heavy atom. The average molecular weight is 250 g/mol. The van der Waals surface area contributed by atoms with Gasteiger partial charge in [-0.3, -0.25) is 4.79 Å². The number of nitrogens with zero attached hydrogens (tertiary/aromatic N) is 1. The fourth-order valence-corrected chi connectivity index (χ4v) is 1.73. The zero-order valence-electron chi connectivity index (χ0n) is 9.62. The van der Waals surface area contributed by atoms with Crippen LogP contribution in [0.2, 0.25) is 0 Å². The molecule has 1 aliphatic rings. The second-order valence-electron chi connectivity index (χ2n) is 4.24. The van der Waals surface area contributed by atoms with Crippen LogP contribution in [0.1, 0.15) is 19.3 Å². The van der Waals surface area contributed by atoms with Crippen LogP contribution >= 0.6 is 0 Å². The van der Waals surface area contributed by atoms with Gasteiger partial charge < -0.3 is 15.4 Å². The van der Waals surface area contributed by atoms with E-state index in [0.29, 0.717) is 13.0 Å². The smallest absolute Gasteiger partial charge is 0.404 e. The monoisotopic (exact) mass is 250 g/mol. The number of primary amides is 1. The van der Waals surface area contributed by atoms with Gasteiger partial charge in [0, 0.05) is 32.4 Å². The van der Waals surface area contributed by atoms with E-state index in [0.717, 1.165) is 0 Å². The Labute approximate surface area is 97.9 Å². The molecule has 1 fully saturated rings. The molecule has 7 heteroatoms. The molecule has 0 aromatic heterocycles. The highest BCUT2D eigenvalue weighted by Gasteiger charge is 2.49. The second kappa shape index (κ2) is 5.29. The van der Waals surface area contributed by atoms with E-state index in [9.17, 15) is 18.4 Å². The summed E-state index contributed by atoms with van der Waals surface area (Å²) in [4.78, 5) is 23.2. The van der Waals surface area contributed by atoms with Crippen LogP contribution in [-0.2, 0) is 9.53 Å². The minimum atomic E-state index is -2.68. The van der Waals surface area contributed by atoms with Gasteiger partial charge >= 0.3 is 6.09 Å². The number of hydrogen-bond donors (Lipinski definition) is 1. The lowest BCUT2D eigenvalue weighted by molar-refractivity contribution is -0.158. The third kappa shape index (κ3) is 4.16. The quantitative estimate of drug-likeness (QED) is 0.739. The van der Waals surface area contributed by atoms with Crippen LogP contribution in [0.5, 0.6) is 0 Å². The first-order valence-corrected chi connectivity index (χ1v) is 5.37. The normalized spacial score (nSPS) is 18.3. The summed E-state index contributed by atoms with van der Waals surface area (Å²) in [6.45, 7) is 0.474. The van der Waals surface area contributed by atoms with Crippen molar-refractivity contribution in [3.05, 3.63) is 0 Å². The van der Waals surface area contributed by atoms with Crippen molar-refractivity contribution in [3.8, 4) is 0 Å². The summed E-state index contributed by atoms with van der Waals surface area (Å²) in [6, 6.07) is 0. The highest BCUT2D eigenvalue weighted by atomic mass is 19.3. The molecule has 0 bridgehead atoms. The zero-order valence-corrected chi connectivity index (χ0v) is 9.62. The van der Waals surface area contributed by atoms with Crippen LogP contribution in [0.15, 0.2) is 0 Å². The molecular weight excluding hydrogens is 234 g/mol. The first-order valence-electron chi connectivity index (χ1n) is 5.37. The molecule has 1 rings (SSSR count). The third-order valence-electron chi connectivity index (χ3n) is 2.70. The standard InChI is InChI=1S/C10H16F2N2O3/c1-14(3-2-4-17-9(13)16)8(15)7-5-10(11,12)6-7/h7H,2-6H2,1H3,(H2,13,16). The number of rotatable bonds is 5. The molecule has 2 N–H and O–H groups in total. The molecule has 1 aliphatic carbocycles. The van der Waals surface area contributed by atoms with Crippen molar-refractivity contribution >= 4 is 12.0 Å². The fourth-order valence-electron chi connectivity index (χ4n) is 1.73. The number of ether oxygens (including phenoxy) is 1. The highest BCUT2D eigenvalue weighted by Crippen LogP contribution is 2.43. The molecule has 0 unspecified atom stereocenters. The molecule has 0 heterocycles. The fraction of sp³-hybridized carbons (Fsp3) is 0.800. The molecule has 0 aromatic rings. The summed E-state index contributed by atoms with van der Waals surface area (Å²) in [7, 11) is 1.54. The molecule has 1 saturated carbocycles. The molecule has 5 nitrogen and oxygen atoms in total. The zero-order chi connectivity index (χ0) is 13.1. The van der Waals surface area contributed by atoms with Gasteiger partial charge in [0.2, 0.25) is 11.8 Å². The van der Waals surface area contributed by atoms with Gasteiger partial charge in [0.15, 0.2) is 0 Å². The van der Waals surface area contributed by atoms with Crippen LogP contribution in [0, 0.1) is 5.92 Å². The Morgan fingerprint density at radius 3 is 2.53 bits per heavy atom. The number of nitrogens with two attached hydrogens (primary N) is 1. The number of amides is 2. The van der Waals surface area contributed by atoms with Gasteiger partial charge in [-0.2, -0.15) is 0 Å². The van der Waals surface area contributed by atoms with Gasteiger partial charge in [-0.15, -0.1) is 0 Å². The Balaban J connectivity index is 2.17. The SMILES string of the molecule is CN(CCCOC(N)=O)C(=O)C1CC(F)(F)C1. The topological polar surface area (TPSA) is 72.6 Å². The number of carbonyl (C=O) groups excluding carboxylic acids is 2. The molecule has 0 radical (unpaired) electrons. The number of hydrogen-bond acceptors (Lipinski definition) is 3. The largest absolute Gasteiger partial charge is 0.450 e. The van der Waals surface area contributed by atoms with Crippen LogP contribution in [-0.4, -0.2) is 43.0 Å². The summed E-state index contributed by atoms with van der Waals surface area (Å²) < 4.78 is 29.6. The van der Waals surface area contributed by atoms with Crippen molar-refractivity contribution < 1.29 is 23.1 Å². The van der Waals surface area contributed by atoms with E-state index in [1.165, 1.54) is 4.90 Å². The Morgan fingerprint density at radius 1 is 1.47 bits per heavy atom. The van der Waals surface area contributed by atoms with Crippen molar-refractivity contribution in [2.24, 2.45) is 11.7 Å². The molecule has 0 saturated heterocycles. The molecule has 0 atom stereocenters. The van der Waals surface area contributed by atoms with E-state index < -0.39 is 17.9 Å². The van der Waals surface area contributed by atoms with E-state index in [4.69, 9.17) is 5.73 Å². The average Bonchev–Trinajstić information content (AvgIpc) is 2.19. The molecule has 98 valence electrons. The maximum absolute atomic E-state index is 12.6. The Kier molecular flexibility index (Phi) is 4.25. The lowest BCUT2D eigenvalue weighted by atomic mass is 9.80. The summed E-state index contributed by atoms with van der Waals surface area (Å²) in [5.41, 5.74) is 4.75. The molecule has 2 amide bonds. The lowest BCUT2D eigenvalue weighted by Crippen LogP contribution is -2.45. The Hall–Kier alpha value is -1.40. The van der Waals surface area contributed by atoms with Crippen LogP contribution in [0.25, 0.3) is 0 Å². The van der Waals surface area contributed by atoms with E-state index in [-0.39, 0.29) is 25.4 Å². The molecule has 0 aliphatic heterocycles. The first-order chi connectivity index (χ1) is 7.82. The molecular formula is C10H16F2N2O3. The van der Waals surface area contributed by atoms with Crippen LogP contribution in [0.4, 0.5) is 13.6 Å². The minimum Gasteiger partial charge on any atom is -0.450 e. The number of halogens is 2. The highest BCUT2D eigenvalue weighted by molar-refractivity contribution is 5.79. The summed E-state index contributed by atoms with van der Waals surface area (Å²) >= 11 is 0. The van der Waals surface area contributed by atoms with Crippen molar-refractivity contribution in [2.45, 2.75) is 25.2 Å². The van der Waals surface area contributed by atoms with Gasteiger partial charge in [0.25, 0.3) is 0 Å². The van der Waals surface area contributed by atoms with Crippen molar-refractivity contribution in [3.63, 3.8) is 0 Å². The van der Waals surface area contributed by atoms with E-state index in [2.05, 4.69) is 4.74 Å². The van der Waals surface area contributed by atoms with Crippen molar-refractivity contribution in [2.75, 3.05) is 20.2 Å². The van der Waals surface area contributed by atoms with Crippen LogP contribution in [0.3, 0.4) is 0 Å². The van der Waals surface area contributed by atoms with E-state index >= 15 is 0 Å². The predicted octanol–water partition coefficient (Wildman–Crippen LogP) is 0.975. The minimum absolute atomic E-state index is 0.119. The number of carbonyl (C=O) groups is 2. The molecule has 0 spiro atoms. The van der Waals surface area contributed by atoms with Gasteiger partial charge in [-0.25, -0.2) is 13.6 Å². The van der Waals surface area contributed by atoms with Gasteiger partial charge in [0.1, 0.15) is 0 Å². The first kappa shape index (κ1) is 13.7. The van der Waals surface area contributed by atoms with E-state index in [1.54, 1.807) is 7.05 Å². The van der Waals surface area contributed by atoms with Gasteiger partial charge in [0.05, 0.1) is 6.61 Å². The summed E-state index contributed by atoms with van der Waals surface area (Å²) in [6.07, 6.45) is -1.16. The maximum atomic E-state index is 12.6. The maximum Gasteiger partial charge on any atom is 0.404 e. The van der Waals surface area contributed by atoms with Gasteiger partial charge in [-0.1, -0.05) is 0 Å². The molecule has 0 aromatic carbocycles. The summed E-state index contributed by atoms with van der Waals surface area (Å²) in [5, 5.41) is 0. The molecule has 17 heavy (non-hydrogen) atoms. The van der Waals surface area contributed by atoms with Crippen molar-refractivity contribution in [1.29, 1.82) is 0 Å². The van der Waals surface area contributed by atoms with Crippen molar-refractivity contribution in [1.82, 2.24) is 4.90 Å². The Bertz CT molecular complexity index is 302. The third-order valence-corrected chi connectivity index (χ3v) is 2.70. The lowest BCUT2D eigenvalue weighted by Gasteiger charge is -2.36. The van der Waals surface area contributed by atoms with E-state index in [1.807, 2.05) is 0 Å². The number of alkyl halides is 2.